The van der Waals surface area contributed by atoms with E-state index in [1.165, 1.54) is 0 Å². The lowest BCUT2D eigenvalue weighted by atomic mass is 10.7. The van der Waals surface area contributed by atoms with Gasteiger partial charge in [0.15, 0.2) is 0 Å². The highest BCUT2D eigenvalue weighted by molar-refractivity contribution is 5.64. The molecule has 1 heterocycles. The summed E-state index contributed by atoms with van der Waals surface area (Å²) in [4.78, 5) is 5.91. The van der Waals surface area contributed by atoms with Crippen molar-refractivity contribution in [2.45, 2.75) is 13.8 Å². The van der Waals surface area contributed by atoms with Crippen LogP contribution >= 0.6 is 0 Å². The van der Waals surface area contributed by atoms with Gasteiger partial charge in [0, 0.05) is 13.3 Å². The third-order valence-electron chi connectivity index (χ3n) is 1.04. The molecule has 0 amide bonds. The van der Waals surface area contributed by atoms with Crippen molar-refractivity contribution < 1.29 is 0 Å². The Labute approximate surface area is 56.9 Å². The molecule has 0 aromatic rings. The predicted molar refractivity (Wildman–Crippen MR) is 41.6 cm³/mol. The van der Waals surface area contributed by atoms with Crippen LogP contribution < -0.4 is 0 Å². The minimum atomic E-state index is 0.861. The van der Waals surface area contributed by atoms with Crippen molar-refractivity contribution >= 4 is 6.21 Å². The SMILES string of the molecule is C=C1N=CCN1C.CC. The maximum Gasteiger partial charge on any atom is 0.120 e. The van der Waals surface area contributed by atoms with E-state index in [2.05, 4.69) is 11.6 Å². The van der Waals surface area contributed by atoms with Crippen LogP contribution in [0.15, 0.2) is 17.4 Å². The lowest BCUT2D eigenvalue weighted by molar-refractivity contribution is 0.501. The van der Waals surface area contributed by atoms with Crippen molar-refractivity contribution in [2.75, 3.05) is 13.6 Å². The van der Waals surface area contributed by atoms with Crippen LogP contribution in [0.3, 0.4) is 0 Å². The van der Waals surface area contributed by atoms with Crippen molar-refractivity contribution in [3.8, 4) is 0 Å². The summed E-state index contributed by atoms with van der Waals surface area (Å²) < 4.78 is 0. The second-order valence-corrected chi connectivity index (χ2v) is 1.61. The molecule has 2 nitrogen and oxygen atoms in total. The zero-order valence-electron chi connectivity index (χ0n) is 6.39. The molecule has 0 fully saturated rings. The third kappa shape index (κ3) is 2.31. The van der Waals surface area contributed by atoms with E-state index in [1.54, 1.807) is 0 Å². The molecule has 0 saturated heterocycles. The van der Waals surface area contributed by atoms with E-state index in [-0.39, 0.29) is 0 Å². The fraction of sp³-hybridized carbons (Fsp3) is 0.571. The van der Waals surface area contributed by atoms with Crippen LogP contribution in [0.5, 0.6) is 0 Å². The smallest absolute Gasteiger partial charge is 0.120 e. The topological polar surface area (TPSA) is 15.6 Å². The number of nitrogens with zero attached hydrogens (tertiary/aromatic N) is 2. The molecule has 0 N–H and O–H groups in total. The standard InChI is InChI=1S/C5H8N2.C2H6/c1-5-6-3-4-7(5)2;1-2/h3H,1,4H2,2H3;1-2H3. The Bertz CT molecular complexity index is 116. The quantitative estimate of drug-likeness (QED) is 0.480. The van der Waals surface area contributed by atoms with Crippen LogP contribution in [0.1, 0.15) is 13.8 Å². The molecule has 0 saturated carbocycles. The second kappa shape index (κ2) is 4.13. The van der Waals surface area contributed by atoms with Crippen LogP contribution in [0.25, 0.3) is 0 Å². The summed E-state index contributed by atoms with van der Waals surface area (Å²) in [5, 5.41) is 0. The molecule has 1 rings (SSSR count). The predicted octanol–water partition coefficient (Wildman–Crippen LogP) is 1.50. The Kier molecular flexibility index (Phi) is 3.76. The van der Waals surface area contributed by atoms with Gasteiger partial charge < -0.3 is 4.90 Å². The monoisotopic (exact) mass is 126 g/mol. The molecule has 9 heavy (non-hydrogen) atoms. The normalized spacial score (nSPS) is 15.4. The molecular weight excluding hydrogens is 112 g/mol. The highest BCUT2D eigenvalue weighted by Crippen LogP contribution is 2.02. The molecule has 1 aliphatic heterocycles. The van der Waals surface area contributed by atoms with Crippen LogP contribution in [0, 0.1) is 0 Å². The molecule has 0 radical (unpaired) electrons. The van der Waals surface area contributed by atoms with E-state index in [1.807, 2.05) is 32.0 Å². The molecule has 1 aliphatic rings. The first kappa shape index (κ1) is 8.21. The zero-order chi connectivity index (χ0) is 7.28. The first-order valence-corrected chi connectivity index (χ1v) is 3.23. The summed E-state index contributed by atoms with van der Waals surface area (Å²) in [5.74, 6) is 0.861. The third-order valence-corrected chi connectivity index (χ3v) is 1.04. The summed E-state index contributed by atoms with van der Waals surface area (Å²) in [7, 11) is 1.97. The minimum Gasteiger partial charge on any atom is -0.355 e. The summed E-state index contributed by atoms with van der Waals surface area (Å²) >= 11 is 0. The highest BCUT2D eigenvalue weighted by Gasteiger charge is 2.01. The number of rotatable bonds is 0. The van der Waals surface area contributed by atoms with E-state index < -0.39 is 0 Å². The first-order chi connectivity index (χ1) is 4.30. The summed E-state index contributed by atoms with van der Waals surface area (Å²) in [6, 6.07) is 0. The molecule has 0 aliphatic carbocycles. The first-order valence-electron chi connectivity index (χ1n) is 3.23. The van der Waals surface area contributed by atoms with Gasteiger partial charge in [0.1, 0.15) is 5.82 Å². The van der Waals surface area contributed by atoms with Crippen molar-refractivity contribution in [2.24, 2.45) is 4.99 Å². The van der Waals surface area contributed by atoms with E-state index in [9.17, 15) is 0 Å². The fourth-order valence-electron chi connectivity index (χ4n) is 0.473. The van der Waals surface area contributed by atoms with Crippen LogP contribution in [0.2, 0.25) is 0 Å². The Morgan fingerprint density at radius 3 is 2.33 bits per heavy atom. The van der Waals surface area contributed by atoms with E-state index in [0.717, 1.165) is 12.4 Å². The van der Waals surface area contributed by atoms with Gasteiger partial charge in [0.05, 0.1) is 6.54 Å². The summed E-state index contributed by atoms with van der Waals surface area (Å²) in [5.41, 5.74) is 0. The molecule has 0 atom stereocenters. The Hall–Kier alpha value is -0.790. The number of hydrogen-bond donors (Lipinski definition) is 0. The van der Waals surface area contributed by atoms with E-state index in [4.69, 9.17) is 0 Å². The molecular formula is C7H14N2. The average Bonchev–Trinajstić information content (AvgIpc) is 2.23. The zero-order valence-corrected chi connectivity index (χ0v) is 6.39. The van der Waals surface area contributed by atoms with Gasteiger partial charge in [0.2, 0.25) is 0 Å². The van der Waals surface area contributed by atoms with E-state index >= 15 is 0 Å². The maximum absolute atomic E-state index is 3.92. The van der Waals surface area contributed by atoms with Gasteiger partial charge in [-0.05, 0) is 0 Å². The average molecular weight is 126 g/mol. The van der Waals surface area contributed by atoms with E-state index in [0.29, 0.717) is 0 Å². The molecule has 0 spiro atoms. The lowest BCUT2D eigenvalue weighted by Crippen LogP contribution is -2.10. The van der Waals surface area contributed by atoms with Crippen LogP contribution in [-0.4, -0.2) is 24.7 Å². The minimum absolute atomic E-state index is 0.861. The van der Waals surface area contributed by atoms with Gasteiger partial charge in [0.25, 0.3) is 0 Å². The van der Waals surface area contributed by atoms with Crippen molar-refractivity contribution in [3.63, 3.8) is 0 Å². The van der Waals surface area contributed by atoms with Crippen LogP contribution in [0.4, 0.5) is 0 Å². The molecule has 0 unspecified atom stereocenters. The Balaban J connectivity index is 0.000000291. The van der Waals surface area contributed by atoms with Crippen molar-refractivity contribution in [1.82, 2.24) is 4.90 Å². The molecule has 2 heteroatoms. The molecule has 0 bridgehead atoms. The largest absolute Gasteiger partial charge is 0.355 e. The molecule has 0 aromatic heterocycles. The molecule has 0 aromatic carbocycles. The van der Waals surface area contributed by atoms with Gasteiger partial charge in [-0.15, -0.1) is 0 Å². The molecule has 52 valence electrons. The van der Waals surface area contributed by atoms with Gasteiger partial charge in [-0.1, -0.05) is 20.4 Å². The summed E-state index contributed by atoms with van der Waals surface area (Å²) in [6.45, 7) is 8.58. The van der Waals surface area contributed by atoms with Crippen molar-refractivity contribution in [3.05, 3.63) is 12.4 Å². The Morgan fingerprint density at radius 1 is 1.67 bits per heavy atom. The number of aliphatic imine (C=N–C) groups is 1. The van der Waals surface area contributed by atoms with Gasteiger partial charge in [-0.3, -0.25) is 0 Å². The van der Waals surface area contributed by atoms with Gasteiger partial charge in [-0.2, -0.15) is 0 Å². The fourth-order valence-corrected chi connectivity index (χ4v) is 0.473. The highest BCUT2D eigenvalue weighted by atomic mass is 15.2. The Morgan fingerprint density at radius 2 is 2.22 bits per heavy atom. The van der Waals surface area contributed by atoms with Gasteiger partial charge in [-0.25, -0.2) is 4.99 Å². The maximum atomic E-state index is 3.92. The second-order valence-electron chi connectivity index (χ2n) is 1.61. The lowest BCUT2D eigenvalue weighted by Gasteiger charge is -2.06. The number of hydrogen-bond acceptors (Lipinski definition) is 2. The summed E-state index contributed by atoms with van der Waals surface area (Å²) in [6.07, 6.45) is 1.85. The van der Waals surface area contributed by atoms with Crippen LogP contribution in [-0.2, 0) is 0 Å². The van der Waals surface area contributed by atoms with Crippen molar-refractivity contribution in [1.29, 1.82) is 0 Å². The van der Waals surface area contributed by atoms with Gasteiger partial charge >= 0.3 is 0 Å².